The monoisotopic (exact) mass is 611 g/mol. The molecular formula is C26H53N5O11. The predicted molar refractivity (Wildman–Crippen MR) is 149 cm³/mol. The molecule has 3 aliphatic rings. The third-order valence-electron chi connectivity index (χ3n) is 8.57. The molecule has 15 atom stereocenters. The summed E-state index contributed by atoms with van der Waals surface area (Å²) in [6.45, 7) is 2.59. The van der Waals surface area contributed by atoms with Gasteiger partial charge in [-0.05, 0) is 58.7 Å². The number of rotatable bonds is 14. The fraction of sp³-hybridized carbons (Fsp3) is 1.00. The van der Waals surface area contributed by atoms with Crippen LogP contribution in [0.3, 0.4) is 0 Å². The molecule has 15 N–H and O–H groups in total. The first kappa shape index (κ1) is 35.8. The van der Waals surface area contributed by atoms with Gasteiger partial charge in [-0.25, -0.2) is 0 Å². The first-order chi connectivity index (χ1) is 19.9. The van der Waals surface area contributed by atoms with Gasteiger partial charge in [-0.3, -0.25) is 0 Å². The molecule has 3 fully saturated rings. The summed E-state index contributed by atoms with van der Waals surface area (Å²) in [6.07, 6.45) is -12.2. The molecule has 3 rings (SSSR count). The van der Waals surface area contributed by atoms with Crippen LogP contribution < -0.4 is 27.8 Å². The Labute approximate surface area is 246 Å². The Bertz CT molecular complexity index is 804. The van der Waals surface area contributed by atoms with E-state index in [1.165, 1.54) is 6.92 Å². The average Bonchev–Trinajstić information content (AvgIpc) is 2.95. The highest BCUT2D eigenvalue weighted by molar-refractivity contribution is 5.01. The standard InChI is InChI=1S/C26H53N5O11/c1-26(38)11-39-24(20(37)23(26)30-2)41-21-12(4-5-13(32)9-28)8-14(29)22(19(21)36)42-25-18(35)17(34)16(33)15(40-25)10-31-7-3-6-27/h12-25,30-38H,3-11,27-29H2,1-2H3/t12-,13?,14+,15-,16-,17+,18-,19-,20-,21+,22?,23-,24-,25-,26+/m1/s1. The molecule has 0 amide bonds. The zero-order valence-electron chi connectivity index (χ0n) is 24.4. The molecule has 2 unspecified atom stereocenters. The van der Waals surface area contributed by atoms with Gasteiger partial charge < -0.3 is 82.5 Å². The third kappa shape index (κ3) is 8.54. The molecule has 2 saturated heterocycles. The van der Waals surface area contributed by atoms with Crippen LogP contribution in [0.25, 0.3) is 0 Å². The van der Waals surface area contributed by atoms with Crippen LogP contribution in [-0.4, -0.2) is 161 Å². The molecule has 248 valence electrons. The number of nitrogens with two attached hydrogens (primary N) is 3. The maximum Gasteiger partial charge on any atom is 0.187 e. The van der Waals surface area contributed by atoms with Crippen LogP contribution in [0.5, 0.6) is 0 Å². The second-order valence-corrected chi connectivity index (χ2v) is 12.0. The van der Waals surface area contributed by atoms with Crippen molar-refractivity contribution in [3.8, 4) is 0 Å². The van der Waals surface area contributed by atoms with Gasteiger partial charge in [0.1, 0.15) is 48.3 Å². The molecule has 16 heteroatoms. The zero-order valence-corrected chi connectivity index (χ0v) is 24.4. The summed E-state index contributed by atoms with van der Waals surface area (Å²) in [5.41, 5.74) is 16.1. The van der Waals surface area contributed by atoms with Crippen LogP contribution in [0.2, 0.25) is 0 Å². The molecule has 0 aromatic heterocycles. The van der Waals surface area contributed by atoms with Gasteiger partial charge in [-0.1, -0.05) is 0 Å². The SMILES string of the molecule is CN[C@@H]1[C@@H](O)[C@@H](O[C@H]2[C@H](CCC(O)CN)C[C@H](N)C(O[C@H]3O[C@H](CNCCCN)[C@@H](O)[C@H](O)[C@H]3O)[C@@H]2O)OC[C@]1(C)O. The minimum Gasteiger partial charge on any atom is -0.392 e. The summed E-state index contributed by atoms with van der Waals surface area (Å²) in [5.74, 6) is -0.411. The van der Waals surface area contributed by atoms with Gasteiger partial charge >= 0.3 is 0 Å². The first-order valence-corrected chi connectivity index (χ1v) is 14.8. The topological polar surface area (TPSA) is 281 Å². The summed E-state index contributed by atoms with van der Waals surface area (Å²) in [5, 5.41) is 80.7. The molecule has 1 saturated carbocycles. The van der Waals surface area contributed by atoms with Crippen LogP contribution >= 0.6 is 0 Å². The van der Waals surface area contributed by atoms with Crippen molar-refractivity contribution in [2.75, 3.05) is 39.8 Å². The van der Waals surface area contributed by atoms with E-state index in [-0.39, 0.29) is 26.1 Å². The minimum absolute atomic E-state index is 0.0509. The normalized spacial score (nSPS) is 45.6. The van der Waals surface area contributed by atoms with Gasteiger partial charge in [0, 0.05) is 19.1 Å². The van der Waals surface area contributed by atoms with E-state index in [9.17, 15) is 35.7 Å². The van der Waals surface area contributed by atoms with Crippen molar-refractivity contribution in [3.63, 3.8) is 0 Å². The van der Waals surface area contributed by atoms with Crippen molar-refractivity contribution in [3.05, 3.63) is 0 Å². The summed E-state index contributed by atoms with van der Waals surface area (Å²) >= 11 is 0. The second kappa shape index (κ2) is 16.1. The zero-order chi connectivity index (χ0) is 31.2. The lowest BCUT2D eigenvalue weighted by Gasteiger charge is -2.49. The van der Waals surface area contributed by atoms with E-state index in [4.69, 9.17) is 36.1 Å². The number of ether oxygens (including phenoxy) is 4. The van der Waals surface area contributed by atoms with E-state index in [2.05, 4.69) is 10.6 Å². The molecule has 2 aliphatic heterocycles. The second-order valence-electron chi connectivity index (χ2n) is 12.0. The third-order valence-corrected chi connectivity index (χ3v) is 8.57. The van der Waals surface area contributed by atoms with Crippen molar-refractivity contribution in [2.24, 2.45) is 23.1 Å². The van der Waals surface area contributed by atoms with Gasteiger partial charge in [0.05, 0.1) is 24.9 Å². The molecule has 0 aromatic rings. The maximum atomic E-state index is 11.5. The van der Waals surface area contributed by atoms with E-state index in [0.717, 1.165) is 0 Å². The van der Waals surface area contributed by atoms with Crippen molar-refractivity contribution < 1.29 is 54.7 Å². The largest absolute Gasteiger partial charge is 0.392 e. The Morgan fingerprint density at radius 2 is 1.67 bits per heavy atom. The Morgan fingerprint density at radius 1 is 0.976 bits per heavy atom. The molecule has 0 aromatic carbocycles. The number of nitrogens with one attached hydrogen (secondary N) is 2. The van der Waals surface area contributed by atoms with Crippen LogP contribution in [0.4, 0.5) is 0 Å². The highest BCUT2D eigenvalue weighted by atomic mass is 16.7. The molecule has 16 nitrogen and oxygen atoms in total. The molecule has 1 aliphatic carbocycles. The number of aliphatic hydroxyl groups is 7. The molecule has 0 bridgehead atoms. The quantitative estimate of drug-likeness (QED) is 0.0815. The van der Waals surface area contributed by atoms with Gasteiger partial charge in [0.25, 0.3) is 0 Å². The summed E-state index contributed by atoms with van der Waals surface area (Å²) in [4.78, 5) is 0. The van der Waals surface area contributed by atoms with E-state index in [1.54, 1.807) is 7.05 Å². The lowest BCUT2D eigenvalue weighted by Crippen LogP contribution is -2.67. The maximum absolute atomic E-state index is 11.5. The van der Waals surface area contributed by atoms with Crippen molar-refractivity contribution in [2.45, 2.75) is 118 Å². The smallest absolute Gasteiger partial charge is 0.187 e. The van der Waals surface area contributed by atoms with Crippen LogP contribution in [0.1, 0.15) is 32.6 Å². The fourth-order valence-electron chi connectivity index (χ4n) is 6.06. The van der Waals surface area contributed by atoms with Gasteiger partial charge in [-0.15, -0.1) is 0 Å². The minimum atomic E-state index is -1.64. The predicted octanol–water partition coefficient (Wildman–Crippen LogP) is -5.63. The van der Waals surface area contributed by atoms with Crippen LogP contribution in [0, 0.1) is 5.92 Å². The summed E-state index contributed by atoms with van der Waals surface area (Å²) < 4.78 is 23.6. The van der Waals surface area contributed by atoms with Crippen molar-refractivity contribution in [1.82, 2.24) is 10.6 Å². The molecule has 0 spiro atoms. The average molecular weight is 612 g/mol. The van der Waals surface area contributed by atoms with Gasteiger partial charge in [0.15, 0.2) is 12.6 Å². The molecule has 2 heterocycles. The van der Waals surface area contributed by atoms with E-state index < -0.39 is 91.1 Å². The molecule has 0 radical (unpaired) electrons. The van der Waals surface area contributed by atoms with Crippen molar-refractivity contribution >= 4 is 0 Å². The van der Waals surface area contributed by atoms with Gasteiger partial charge in [0.2, 0.25) is 0 Å². The molecule has 42 heavy (non-hydrogen) atoms. The van der Waals surface area contributed by atoms with Gasteiger partial charge in [-0.2, -0.15) is 0 Å². The Balaban J connectivity index is 1.77. The first-order valence-electron chi connectivity index (χ1n) is 14.8. The number of likely N-dealkylation sites (N-methyl/N-ethyl adjacent to an activating group) is 1. The highest BCUT2D eigenvalue weighted by Crippen LogP contribution is 2.37. The van der Waals surface area contributed by atoms with Crippen molar-refractivity contribution in [1.29, 1.82) is 0 Å². The van der Waals surface area contributed by atoms with Crippen LogP contribution in [-0.2, 0) is 18.9 Å². The highest BCUT2D eigenvalue weighted by Gasteiger charge is 2.52. The van der Waals surface area contributed by atoms with E-state index >= 15 is 0 Å². The van der Waals surface area contributed by atoms with E-state index in [1.807, 2.05) is 0 Å². The number of aliphatic hydroxyl groups excluding tert-OH is 6. The number of hydrogen-bond donors (Lipinski definition) is 12. The summed E-state index contributed by atoms with van der Waals surface area (Å²) in [6, 6.07) is -1.57. The Hall–Kier alpha value is -0.640. The number of hydrogen-bond acceptors (Lipinski definition) is 16. The lowest BCUT2D eigenvalue weighted by atomic mass is 9.76. The van der Waals surface area contributed by atoms with E-state index in [0.29, 0.717) is 32.4 Å². The van der Waals surface area contributed by atoms with Crippen LogP contribution in [0.15, 0.2) is 0 Å². The molecular weight excluding hydrogens is 558 g/mol. The lowest BCUT2D eigenvalue weighted by molar-refractivity contribution is -0.333. The Morgan fingerprint density at radius 3 is 2.31 bits per heavy atom. The fourth-order valence-corrected chi connectivity index (χ4v) is 6.06. The Kier molecular flexibility index (Phi) is 13.7. The summed E-state index contributed by atoms with van der Waals surface area (Å²) in [7, 11) is 1.59.